The molecule has 2 heterocycles. The number of rotatable bonds is 12. The van der Waals surface area contributed by atoms with Crippen molar-refractivity contribution in [2.45, 2.75) is 54.9 Å². The van der Waals surface area contributed by atoms with E-state index in [2.05, 4.69) is 10.3 Å². The third kappa shape index (κ3) is 6.77. The van der Waals surface area contributed by atoms with Gasteiger partial charge in [-0.15, -0.1) is 0 Å². The molecule has 1 saturated heterocycles. The van der Waals surface area contributed by atoms with Gasteiger partial charge in [0.2, 0.25) is 0 Å². The van der Waals surface area contributed by atoms with Gasteiger partial charge in [0.15, 0.2) is 0 Å². The Labute approximate surface area is 269 Å². The summed E-state index contributed by atoms with van der Waals surface area (Å²) in [5, 5.41) is 23.1. The van der Waals surface area contributed by atoms with Gasteiger partial charge in [-0.25, -0.2) is 0 Å². The molecule has 2 bridgehead atoms. The Morgan fingerprint density at radius 3 is 2.42 bits per heavy atom. The number of hydrogen-bond acceptors (Lipinski definition) is 7. The van der Waals surface area contributed by atoms with E-state index in [1.165, 1.54) is 0 Å². The predicted octanol–water partition coefficient (Wildman–Crippen LogP) is 6.51. The quantitative estimate of drug-likeness (QED) is 0.0989. The first kappa shape index (κ1) is 30.9. The van der Waals surface area contributed by atoms with Crippen LogP contribution in [0.25, 0.3) is 21.9 Å². The number of aromatic hydroxyl groups is 1. The zero-order valence-electron chi connectivity index (χ0n) is 24.4. The van der Waals surface area contributed by atoms with E-state index >= 15 is 0 Å². The Morgan fingerprint density at radius 1 is 0.933 bits per heavy atom. The molecule has 0 aliphatic carbocycles. The summed E-state index contributed by atoms with van der Waals surface area (Å²) >= 11 is 0.0272. The predicted molar refractivity (Wildman–Crippen MR) is 175 cm³/mol. The van der Waals surface area contributed by atoms with Crippen LogP contribution in [0.2, 0.25) is 5.32 Å². The Hall–Kier alpha value is -4.13. The molecular weight excluding hydrogens is 655 g/mol. The van der Waals surface area contributed by atoms with Crippen LogP contribution in [0.1, 0.15) is 43.2 Å². The number of nitrogens with one attached hydrogen (secondary N) is 1. The van der Waals surface area contributed by atoms with Gasteiger partial charge in [0, 0.05) is 11.8 Å². The van der Waals surface area contributed by atoms with E-state index in [9.17, 15) is 18.3 Å². The van der Waals surface area contributed by atoms with Crippen LogP contribution in [0.5, 0.6) is 11.5 Å². The molecule has 45 heavy (non-hydrogen) atoms. The van der Waals surface area contributed by atoms with Crippen molar-refractivity contribution in [3.05, 3.63) is 102 Å². The van der Waals surface area contributed by atoms with E-state index in [0.717, 1.165) is 52.2 Å². The van der Waals surface area contributed by atoms with Gasteiger partial charge in [0.25, 0.3) is 0 Å². The number of amides is 1. The van der Waals surface area contributed by atoms with Crippen molar-refractivity contribution in [2.24, 2.45) is 0 Å². The van der Waals surface area contributed by atoms with Gasteiger partial charge in [0.05, 0.1) is 6.10 Å². The van der Waals surface area contributed by atoms with Gasteiger partial charge in [-0.2, -0.15) is 8.42 Å². The van der Waals surface area contributed by atoms with Crippen LogP contribution in [-0.4, -0.2) is 51.8 Å². The van der Waals surface area contributed by atoms with Gasteiger partial charge in [-0.05, 0) is 34.7 Å². The van der Waals surface area contributed by atoms with Crippen LogP contribution >= 0.6 is 0 Å². The SMILES string of the molecule is N#C[Se]CCCCCC(=O)Nc1ccc(C2=C(c3ccc(O)cc3)C3CC(S(=O)(=O)Oc4cccc5ccccc45)C2O3)cc1. The van der Waals surface area contributed by atoms with Crippen molar-refractivity contribution in [2.75, 3.05) is 5.32 Å². The number of ether oxygens (including phenoxy) is 1. The second-order valence-corrected chi connectivity index (χ2v) is 14.7. The summed E-state index contributed by atoms with van der Waals surface area (Å²) in [7, 11) is -4.10. The molecule has 10 heteroatoms. The van der Waals surface area contributed by atoms with Gasteiger partial charge in [0.1, 0.15) is 22.9 Å². The van der Waals surface area contributed by atoms with E-state index in [-0.39, 0.29) is 38.8 Å². The normalized spacial score (nSPS) is 19.0. The first-order chi connectivity index (χ1) is 21.8. The fraction of sp³-hybridized carbons (Fsp3) is 0.257. The average Bonchev–Trinajstić information content (AvgIpc) is 3.64. The average molecular weight is 688 g/mol. The van der Waals surface area contributed by atoms with Crippen molar-refractivity contribution in [1.82, 2.24) is 0 Å². The van der Waals surface area contributed by atoms with Crippen molar-refractivity contribution in [3.8, 4) is 16.5 Å². The summed E-state index contributed by atoms with van der Waals surface area (Å²) < 4.78 is 39.8. The molecule has 1 fully saturated rings. The first-order valence-corrected chi connectivity index (χ1v) is 18.4. The second kappa shape index (κ2) is 13.5. The molecule has 6 rings (SSSR count). The molecule has 3 unspecified atom stereocenters. The van der Waals surface area contributed by atoms with Crippen LogP contribution in [0.3, 0.4) is 0 Å². The number of phenols is 1. The Morgan fingerprint density at radius 2 is 1.64 bits per heavy atom. The van der Waals surface area contributed by atoms with Gasteiger partial charge in [-0.1, -0.05) is 48.5 Å². The molecular formula is C35H32N2O6SSe. The van der Waals surface area contributed by atoms with E-state index in [1.807, 2.05) is 54.6 Å². The number of fused-ring (bicyclic) bond motifs is 3. The van der Waals surface area contributed by atoms with E-state index in [1.54, 1.807) is 36.4 Å². The number of nitriles is 1. The molecule has 230 valence electrons. The van der Waals surface area contributed by atoms with E-state index in [4.69, 9.17) is 14.2 Å². The number of phenolic OH excluding ortho intramolecular Hbond substituents is 1. The summed E-state index contributed by atoms with van der Waals surface area (Å²) in [6, 6.07) is 27.0. The molecule has 2 aliphatic rings. The van der Waals surface area contributed by atoms with Crippen LogP contribution in [0.15, 0.2) is 91.0 Å². The van der Waals surface area contributed by atoms with Crippen molar-refractivity contribution >= 4 is 58.6 Å². The Kier molecular flexibility index (Phi) is 9.24. The molecule has 0 saturated carbocycles. The minimum atomic E-state index is -4.10. The van der Waals surface area contributed by atoms with Crippen LogP contribution < -0.4 is 9.50 Å². The number of benzene rings is 4. The van der Waals surface area contributed by atoms with Crippen LogP contribution in [-0.2, 0) is 19.6 Å². The number of hydrogen-bond donors (Lipinski definition) is 2. The van der Waals surface area contributed by atoms with Gasteiger partial charge in [-0.3, -0.25) is 0 Å². The van der Waals surface area contributed by atoms with Gasteiger partial charge < -0.3 is 14.0 Å². The molecule has 1 amide bonds. The number of unbranched alkanes of at least 4 members (excludes halogenated alkanes) is 2. The molecule has 2 N–H and O–H groups in total. The third-order valence-corrected chi connectivity index (χ3v) is 11.1. The zero-order chi connectivity index (χ0) is 31.4. The molecule has 2 aliphatic heterocycles. The van der Waals surface area contributed by atoms with Crippen molar-refractivity contribution in [3.63, 3.8) is 0 Å². The number of carbonyl (C=O) groups excluding carboxylic acids is 1. The topological polar surface area (TPSA) is 126 Å². The fourth-order valence-corrected chi connectivity index (χ4v) is 8.44. The molecule has 4 aromatic rings. The third-order valence-electron chi connectivity index (χ3n) is 8.19. The monoisotopic (exact) mass is 688 g/mol. The molecule has 8 nitrogen and oxygen atoms in total. The Balaban J connectivity index is 1.24. The van der Waals surface area contributed by atoms with E-state index < -0.39 is 27.6 Å². The number of carbonyl (C=O) groups is 1. The maximum absolute atomic E-state index is 13.8. The van der Waals surface area contributed by atoms with Gasteiger partial charge >= 0.3 is 123 Å². The molecule has 4 aromatic carbocycles. The summed E-state index contributed by atoms with van der Waals surface area (Å²) in [6.45, 7) is 0. The Bertz CT molecular complexity index is 1880. The van der Waals surface area contributed by atoms with Crippen LogP contribution in [0.4, 0.5) is 5.69 Å². The summed E-state index contributed by atoms with van der Waals surface area (Å²) in [5.74, 6) is 0.345. The van der Waals surface area contributed by atoms with Crippen molar-refractivity contribution in [1.29, 1.82) is 5.26 Å². The summed E-state index contributed by atoms with van der Waals surface area (Å²) in [5.41, 5.74) is 3.91. The second-order valence-electron chi connectivity index (χ2n) is 11.1. The summed E-state index contributed by atoms with van der Waals surface area (Å²) in [6.07, 6.45) is 2.06. The van der Waals surface area contributed by atoms with Crippen molar-refractivity contribution < 1.29 is 27.2 Å². The summed E-state index contributed by atoms with van der Waals surface area (Å²) in [4.78, 5) is 14.7. The molecule has 3 atom stereocenters. The molecule has 0 spiro atoms. The maximum atomic E-state index is 13.8. The fourth-order valence-electron chi connectivity index (χ4n) is 6.09. The van der Waals surface area contributed by atoms with E-state index in [0.29, 0.717) is 17.5 Å². The van der Waals surface area contributed by atoms with Crippen LogP contribution in [0, 0.1) is 10.2 Å². The zero-order valence-corrected chi connectivity index (χ0v) is 26.9. The minimum absolute atomic E-state index is 0.0272. The molecule has 0 radical (unpaired) electrons. The molecule has 0 aromatic heterocycles. The number of anilines is 1. The standard InChI is InChI=1S/C35H32N2O6SSe/c36-22-45-20-5-1-2-11-32(39)37-26-16-12-25(13-17-26)34-33(24-14-18-27(38)19-15-24)30-21-31(35(34)42-30)44(40,41)43-29-10-6-8-23-7-3-4-9-28(23)29/h3-4,6-10,12-19,30-31,35,38H,1-2,5,11,20-21H2,(H,37,39). The number of nitrogens with zero attached hydrogens (tertiary/aromatic N) is 1. The first-order valence-electron chi connectivity index (χ1n) is 14.9.